The van der Waals surface area contributed by atoms with Crippen LogP contribution >= 0.6 is 35.6 Å². The maximum absolute atomic E-state index is 6.37. The molecule has 0 saturated carbocycles. The van der Waals surface area contributed by atoms with Crippen molar-refractivity contribution in [1.29, 1.82) is 0 Å². The highest BCUT2D eigenvalue weighted by Crippen LogP contribution is 2.36. The molecular weight excluding hydrogens is 317 g/mol. The molecular formula is C14H16Cl3N3. The first-order valence-electron chi connectivity index (χ1n) is 6.37. The first kappa shape index (κ1) is 15.6. The molecule has 1 aromatic carbocycles. The monoisotopic (exact) mass is 331 g/mol. The summed E-state index contributed by atoms with van der Waals surface area (Å²) in [5, 5.41) is 5.88. The van der Waals surface area contributed by atoms with Gasteiger partial charge in [0.15, 0.2) is 0 Å². The van der Waals surface area contributed by atoms with Gasteiger partial charge in [0, 0.05) is 42.8 Å². The SMILES string of the molecule is Cc1c(Cl)ccc2c(N3CCNCC3)c(Cl)cnc12.Cl. The third-order valence-corrected chi connectivity index (χ3v) is 4.27. The van der Waals surface area contributed by atoms with Gasteiger partial charge in [-0.3, -0.25) is 4.98 Å². The number of nitrogens with zero attached hydrogens (tertiary/aromatic N) is 2. The molecule has 6 heteroatoms. The normalized spacial score (nSPS) is 15.2. The summed E-state index contributed by atoms with van der Waals surface area (Å²) in [5.41, 5.74) is 3.02. The summed E-state index contributed by atoms with van der Waals surface area (Å²) in [5.74, 6) is 0. The minimum absolute atomic E-state index is 0. The Morgan fingerprint density at radius 2 is 1.85 bits per heavy atom. The maximum atomic E-state index is 6.37. The lowest BCUT2D eigenvalue weighted by Gasteiger charge is -2.31. The minimum Gasteiger partial charge on any atom is -0.367 e. The average molecular weight is 333 g/mol. The van der Waals surface area contributed by atoms with Crippen molar-refractivity contribution in [3.05, 3.63) is 33.9 Å². The quantitative estimate of drug-likeness (QED) is 0.863. The van der Waals surface area contributed by atoms with Crippen LogP contribution in [0.25, 0.3) is 10.9 Å². The van der Waals surface area contributed by atoms with Gasteiger partial charge in [-0.2, -0.15) is 0 Å². The van der Waals surface area contributed by atoms with Gasteiger partial charge in [0.25, 0.3) is 0 Å². The van der Waals surface area contributed by atoms with Crippen LogP contribution in [0.1, 0.15) is 5.56 Å². The van der Waals surface area contributed by atoms with E-state index in [9.17, 15) is 0 Å². The molecule has 1 aliphatic rings. The van der Waals surface area contributed by atoms with Crippen LogP contribution in [0.2, 0.25) is 10.0 Å². The first-order chi connectivity index (χ1) is 9.18. The van der Waals surface area contributed by atoms with Crippen LogP contribution in [-0.2, 0) is 0 Å². The smallest absolute Gasteiger partial charge is 0.0829 e. The lowest BCUT2D eigenvalue weighted by Crippen LogP contribution is -2.43. The van der Waals surface area contributed by atoms with E-state index in [-0.39, 0.29) is 12.4 Å². The van der Waals surface area contributed by atoms with Crippen LogP contribution < -0.4 is 10.2 Å². The molecule has 1 saturated heterocycles. The number of hydrogen-bond acceptors (Lipinski definition) is 3. The molecule has 1 fully saturated rings. The summed E-state index contributed by atoms with van der Waals surface area (Å²) in [6, 6.07) is 3.93. The van der Waals surface area contributed by atoms with Crippen molar-refractivity contribution in [3.8, 4) is 0 Å². The summed E-state index contributed by atoms with van der Waals surface area (Å²) in [7, 11) is 0. The molecule has 108 valence electrons. The van der Waals surface area contributed by atoms with E-state index in [1.807, 2.05) is 19.1 Å². The summed E-state index contributed by atoms with van der Waals surface area (Å²) in [6.07, 6.45) is 1.73. The molecule has 0 amide bonds. The van der Waals surface area contributed by atoms with Crippen molar-refractivity contribution in [3.63, 3.8) is 0 Å². The van der Waals surface area contributed by atoms with Crippen LogP contribution in [0.15, 0.2) is 18.3 Å². The number of piperazine rings is 1. The topological polar surface area (TPSA) is 28.2 Å². The number of pyridine rings is 1. The van der Waals surface area contributed by atoms with Crippen LogP contribution in [-0.4, -0.2) is 31.2 Å². The molecule has 0 spiro atoms. The van der Waals surface area contributed by atoms with E-state index in [0.29, 0.717) is 5.02 Å². The highest BCUT2D eigenvalue weighted by molar-refractivity contribution is 6.35. The van der Waals surface area contributed by atoms with Crippen LogP contribution in [0, 0.1) is 6.92 Å². The Balaban J connectivity index is 0.00000147. The van der Waals surface area contributed by atoms with Gasteiger partial charge in [0.2, 0.25) is 0 Å². The number of anilines is 1. The molecule has 1 N–H and O–H groups in total. The molecule has 0 radical (unpaired) electrons. The number of aromatic nitrogens is 1. The lowest BCUT2D eigenvalue weighted by molar-refractivity contribution is 0.590. The van der Waals surface area contributed by atoms with Gasteiger partial charge in [-0.05, 0) is 24.6 Å². The van der Waals surface area contributed by atoms with Gasteiger partial charge in [0.05, 0.1) is 16.2 Å². The van der Waals surface area contributed by atoms with E-state index in [1.165, 1.54) is 0 Å². The predicted molar refractivity (Wildman–Crippen MR) is 88.8 cm³/mol. The van der Waals surface area contributed by atoms with E-state index in [0.717, 1.165) is 53.4 Å². The Kier molecular flexibility index (Phi) is 4.97. The maximum Gasteiger partial charge on any atom is 0.0829 e. The Labute approximate surface area is 134 Å². The number of benzene rings is 1. The van der Waals surface area contributed by atoms with Crippen molar-refractivity contribution in [2.24, 2.45) is 0 Å². The van der Waals surface area contributed by atoms with Crippen LogP contribution in [0.5, 0.6) is 0 Å². The summed E-state index contributed by atoms with van der Waals surface area (Å²) < 4.78 is 0. The first-order valence-corrected chi connectivity index (χ1v) is 7.13. The molecule has 0 unspecified atom stereocenters. The van der Waals surface area contributed by atoms with Gasteiger partial charge < -0.3 is 10.2 Å². The zero-order valence-electron chi connectivity index (χ0n) is 11.1. The number of rotatable bonds is 1. The zero-order valence-corrected chi connectivity index (χ0v) is 13.4. The highest BCUT2D eigenvalue weighted by Gasteiger charge is 2.18. The Morgan fingerprint density at radius 1 is 1.15 bits per heavy atom. The largest absolute Gasteiger partial charge is 0.367 e. The molecule has 1 aromatic heterocycles. The molecule has 2 heterocycles. The fraction of sp³-hybridized carbons (Fsp3) is 0.357. The van der Waals surface area contributed by atoms with E-state index in [1.54, 1.807) is 6.20 Å². The zero-order chi connectivity index (χ0) is 13.4. The second kappa shape index (κ2) is 6.35. The van der Waals surface area contributed by atoms with E-state index < -0.39 is 0 Å². The highest BCUT2D eigenvalue weighted by atomic mass is 35.5. The van der Waals surface area contributed by atoms with Gasteiger partial charge in [-0.1, -0.05) is 23.2 Å². The lowest BCUT2D eigenvalue weighted by atomic mass is 10.1. The van der Waals surface area contributed by atoms with Gasteiger partial charge >= 0.3 is 0 Å². The van der Waals surface area contributed by atoms with Gasteiger partial charge in [-0.15, -0.1) is 12.4 Å². The molecule has 3 rings (SSSR count). The fourth-order valence-corrected chi connectivity index (χ4v) is 2.98. The standard InChI is InChI=1S/C14H15Cl2N3.ClH/c1-9-11(15)3-2-10-13(9)18-8-12(16)14(10)19-6-4-17-5-7-19;/h2-3,8,17H,4-7H2,1H3;1H. The number of hydrogen-bond donors (Lipinski definition) is 1. The fourth-order valence-electron chi connectivity index (χ4n) is 2.55. The van der Waals surface area contributed by atoms with Crippen LogP contribution in [0.3, 0.4) is 0 Å². The number of halogens is 3. The summed E-state index contributed by atoms with van der Waals surface area (Å²) in [6.45, 7) is 5.87. The molecule has 20 heavy (non-hydrogen) atoms. The number of nitrogens with one attached hydrogen (secondary N) is 1. The van der Waals surface area contributed by atoms with E-state index in [4.69, 9.17) is 23.2 Å². The van der Waals surface area contributed by atoms with Crippen molar-refractivity contribution in [2.75, 3.05) is 31.1 Å². The molecule has 3 nitrogen and oxygen atoms in total. The summed E-state index contributed by atoms with van der Waals surface area (Å²) in [4.78, 5) is 6.75. The minimum atomic E-state index is 0. The molecule has 2 aromatic rings. The molecule has 1 aliphatic heterocycles. The third kappa shape index (κ3) is 2.68. The molecule has 0 bridgehead atoms. The third-order valence-electron chi connectivity index (χ3n) is 3.59. The number of fused-ring (bicyclic) bond motifs is 1. The Hall–Kier alpha value is -0.740. The second-order valence-corrected chi connectivity index (χ2v) is 5.57. The Bertz CT molecular complexity index is 625. The van der Waals surface area contributed by atoms with Crippen molar-refractivity contribution in [1.82, 2.24) is 10.3 Å². The van der Waals surface area contributed by atoms with Crippen molar-refractivity contribution >= 4 is 52.2 Å². The molecule has 0 atom stereocenters. The van der Waals surface area contributed by atoms with E-state index >= 15 is 0 Å². The van der Waals surface area contributed by atoms with Gasteiger partial charge in [0.1, 0.15) is 0 Å². The second-order valence-electron chi connectivity index (χ2n) is 4.76. The van der Waals surface area contributed by atoms with Gasteiger partial charge in [-0.25, -0.2) is 0 Å². The van der Waals surface area contributed by atoms with Crippen molar-refractivity contribution in [2.45, 2.75) is 6.92 Å². The van der Waals surface area contributed by atoms with Crippen molar-refractivity contribution < 1.29 is 0 Å². The Morgan fingerprint density at radius 3 is 2.55 bits per heavy atom. The number of aryl methyl sites for hydroxylation is 1. The predicted octanol–water partition coefficient (Wildman–Crippen LogP) is 3.68. The summed E-state index contributed by atoms with van der Waals surface area (Å²) >= 11 is 12.5. The van der Waals surface area contributed by atoms with E-state index in [2.05, 4.69) is 15.2 Å². The average Bonchev–Trinajstić information content (AvgIpc) is 2.44. The van der Waals surface area contributed by atoms with Crippen LogP contribution in [0.4, 0.5) is 5.69 Å². The molecule has 0 aliphatic carbocycles.